The molecule has 148 valence electrons. The van der Waals surface area contributed by atoms with Crippen LogP contribution < -0.4 is 4.74 Å². The lowest BCUT2D eigenvalue weighted by molar-refractivity contribution is 0.0695. The van der Waals surface area contributed by atoms with E-state index in [4.69, 9.17) is 16.3 Å². The molecule has 1 N–H and O–H groups in total. The summed E-state index contributed by atoms with van der Waals surface area (Å²) in [5, 5.41) is 9.97. The highest BCUT2D eigenvalue weighted by Gasteiger charge is 2.22. The number of carbonyl (C=O) groups is 1. The molecule has 0 unspecified atom stereocenters. The van der Waals surface area contributed by atoms with E-state index in [1.165, 1.54) is 17.3 Å². The first-order valence-corrected chi connectivity index (χ1v) is 10.2. The number of aryl methyl sites for hydroxylation is 2. The van der Waals surface area contributed by atoms with Crippen LogP contribution in [0.15, 0.2) is 60.9 Å². The summed E-state index contributed by atoms with van der Waals surface area (Å²) in [5.41, 5.74) is 3.78. The minimum Gasteiger partial charge on any atom is -0.478 e. The third-order valence-corrected chi connectivity index (χ3v) is 5.83. The number of aromatic nitrogens is 1. The Morgan fingerprint density at radius 3 is 2.90 bits per heavy atom. The van der Waals surface area contributed by atoms with Gasteiger partial charge in [-0.05, 0) is 85.0 Å². The van der Waals surface area contributed by atoms with E-state index in [9.17, 15) is 9.90 Å². The Balaban J connectivity index is 1.50. The van der Waals surface area contributed by atoms with Crippen molar-refractivity contribution in [3.05, 3.63) is 88.2 Å². The van der Waals surface area contributed by atoms with Gasteiger partial charge in [0.2, 0.25) is 0 Å². The van der Waals surface area contributed by atoms with Gasteiger partial charge in [-0.3, -0.25) is 4.98 Å². The van der Waals surface area contributed by atoms with Crippen LogP contribution in [0.1, 0.15) is 52.2 Å². The third-order valence-electron chi connectivity index (χ3n) is 5.51. The molecule has 1 aliphatic rings. The maximum Gasteiger partial charge on any atom is 0.336 e. The van der Waals surface area contributed by atoms with Crippen molar-refractivity contribution < 1.29 is 14.6 Å². The minimum atomic E-state index is -0.896. The Hall–Kier alpha value is -2.85. The van der Waals surface area contributed by atoms with Crippen molar-refractivity contribution in [2.75, 3.05) is 0 Å². The highest BCUT2D eigenvalue weighted by molar-refractivity contribution is 6.32. The zero-order valence-electron chi connectivity index (χ0n) is 16.0. The zero-order valence-corrected chi connectivity index (χ0v) is 16.7. The lowest BCUT2D eigenvalue weighted by Crippen LogP contribution is -2.12. The number of aromatic carboxylic acids is 1. The van der Waals surface area contributed by atoms with Crippen LogP contribution in [0.5, 0.6) is 11.5 Å². The molecule has 1 heterocycles. The van der Waals surface area contributed by atoms with Crippen molar-refractivity contribution >= 4 is 17.6 Å². The molecule has 29 heavy (non-hydrogen) atoms. The molecule has 1 atom stereocenters. The highest BCUT2D eigenvalue weighted by Crippen LogP contribution is 2.38. The van der Waals surface area contributed by atoms with Crippen molar-refractivity contribution in [1.29, 1.82) is 0 Å². The molecule has 5 heteroatoms. The first kappa shape index (κ1) is 19.5. The Kier molecular flexibility index (Phi) is 5.81. The fourth-order valence-electron chi connectivity index (χ4n) is 4.07. The molecule has 1 aromatic heterocycles. The Morgan fingerprint density at radius 2 is 2.07 bits per heavy atom. The number of rotatable bonds is 6. The number of ether oxygens (including phenoxy) is 1. The second-order valence-corrected chi connectivity index (χ2v) is 7.77. The molecule has 1 aliphatic carbocycles. The summed E-state index contributed by atoms with van der Waals surface area (Å²) in [4.78, 5) is 15.5. The normalized spacial score (nSPS) is 15.6. The van der Waals surface area contributed by atoms with Gasteiger partial charge < -0.3 is 9.84 Å². The molecule has 0 aliphatic heterocycles. The summed E-state index contributed by atoms with van der Waals surface area (Å²) in [6, 6.07) is 15.3. The van der Waals surface area contributed by atoms with Gasteiger partial charge in [-0.15, -0.1) is 0 Å². The number of benzene rings is 2. The van der Waals surface area contributed by atoms with E-state index in [1.807, 2.05) is 30.3 Å². The second-order valence-electron chi connectivity index (χ2n) is 7.36. The average Bonchev–Trinajstić information content (AvgIpc) is 2.74. The number of fused-ring (bicyclic) bond motifs is 1. The lowest BCUT2D eigenvalue weighted by Gasteiger charge is -2.26. The monoisotopic (exact) mass is 407 g/mol. The van der Waals surface area contributed by atoms with Crippen molar-refractivity contribution in [1.82, 2.24) is 4.98 Å². The first-order chi connectivity index (χ1) is 14.1. The molecule has 4 rings (SSSR count). The largest absolute Gasteiger partial charge is 0.478 e. The number of halogens is 1. The molecule has 4 nitrogen and oxygen atoms in total. The van der Waals surface area contributed by atoms with Gasteiger partial charge in [-0.1, -0.05) is 29.8 Å². The van der Waals surface area contributed by atoms with Gasteiger partial charge in [0.1, 0.15) is 11.5 Å². The van der Waals surface area contributed by atoms with Crippen molar-refractivity contribution in [2.24, 2.45) is 0 Å². The van der Waals surface area contributed by atoms with Crippen molar-refractivity contribution in [3.8, 4) is 11.5 Å². The summed E-state index contributed by atoms with van der Waals surface area (Å²) in [7, 11) is 0. The van der Waals surface area contributed by atoms with Gasteiger partial charge in [-0.2, -0.15) is 0 Å². The smallest absolute Gasteiger partial charge is 0.336 e. The molecule has 0 amide bonds. The van der Waals surface area contributed by atoms with E-state index in [2.05, 4.69) is 17.1 Å². The average molecular weight is 408 g/mol. The number of carboxylic acids is 1. The molecule has 0 bridgehead atoms. The van der Waals surface area contributed by atoms with E-state index >= 15 is 0 Å². The zero-order chi connectivity index (χ0) is 20.2. The van der Waals surface area contributed by atoms with Crippen LogP contribution >= 0.6 is 11.6 Å². The fourth-order valence-corrected chi connectivity index (χ4v) is 4.25. The number of hydrogen-bond acceptors (Lipinski definition) is 3. The lowest BCUT2D eigenvalue weighted by atomic mass is 9.79. The number of para-hydroxylation sites is 1. The summed E-state index contributed by atoms with van der Waals surface area (Å²) in [5.74, 6) is 0.958. The number of carboxylic acid groups (broad SMARTS) is 1. The minimum absolute atomic E-state index is 0.347. The summed E-state index contributed by atoms with van der Waals surface area (Å²) in [6.45, 7) is 0. The van der Waals surface area contributed by atoms with Crippen LogP contribution in [-0.2, 0) is 12.8 Å². The SMILES string of the molecule is O=C(O)c1ccncc1CC[C@@H]1CCCc2cc(Oc3ccccc3Cl)ccc21. The van der Waals surface area contributed by atoms with Gasteiger partial charge in [-0.25, -0.2) is 4.79 Å². The van der Waals surface area contributed by atoms with Crippen LogP contribution in [0.4, 0.5) is 0 Å². The predicted octanol–water partition coefficient (Wildman–Crippen LogP) is 6.28. The first-order valence-electron chi connectivity index (χ1n) is 9.83. The predicted molar refractivity (Wildman–Crippen MR) is 113 cm³/mol. The maximum absolute atomic E-state index is 11.4. The van der Waals surface area contributed by atoms with Gasteiger partial charge in [0.05, 0.1) is 10.6 Å². The van der Waals surface area contributed by atoms with Gasteiger partial charge >= 0.3 is 5.97 Å². The van der Waals surface area contributed by atoms with E-state index in [0.29, 0.717) is 28.7 Å². The molecule has 0 saturated heterocycles. The molecular weight excluding hydrogens is 386 g/mol. The van der Waals surface area contributed by atoms with E-state index in [0.717, 1.165) is 37.0 Å². The number of nitrogens with zero attached hydrogens (tertiary/aromatic N) is 1. The fraction of sp³-hybridized carbons (Fsp3) is 0.250. The Bertz CT molecular complexity index is 1030. The Morgan fingerprint density at radius 1 is 1.21 bits per heavy atom. The summed E-state index contributed by atoms with van der Waals surface area (Å²) < 4.78 is 5.98. The van der Waals surface area contributed by atoms with Crippen molar-refractivity contribution in [2.45, 2.75) is 38.0 Å². The van der Waals surface area contributed by atoms with E-state index in [-0.39, 0.29) is 0 Å². The molecule has 0 fully saturated rings. The van der Waals surface area contributed by atoms with E-state index in [1.54, 1.807) is 12.3 Å². The molecule has 2 aromatic carbocycles. The van der Waals surface area contributed by atoms with Crippen LogP contribution in [0.25, 0.3) is 0 Å². The van der Waals surface area contributed by atoms with Gasteiger partial charge in [0.15, 0.2) is 0 Å². The number of hydrogen-bond donors (Lipinski definition) is 1. The van der Waals surface area contributed by atoms with Crippen LogP contribution in [0, 0.1) is 0 Å². The van der Waals surface area contributed by atoms with Crippen LogP contribution in [0.2, 0.25) is 5.02 Å². The molecule has 0 radical (unpaired) electrons. The molecular formula is C24H22ClNO3. The Labute approximate surface area is 175 Å². The van der Waals surface area contributed by atoms with Gasteiger partial charge in [0, 0.05) is 12.4 Å². The quantitative estimate of drug-likeness (QED) is 0.522. The summed E-state index contributed by atoms with van der Waals surface area (Å²) >= 11 is 6.20. The standard InChI is InChI=1S/C24H22ClNO3/c25-22-6-1-2-7-23(22)29-19-10-11-20-16(4-3-5-17(20)14-19)8-9-18-15-26-13-12-21(18)24(27)28/h1-2,6-7,10-16H,3-5,8-9H2,(H,27,28)/t16-/m0/s1. The topological polar surface area (TPSA) is 59.4 Å². The summed E-state index contributed by atoms with van der Waals surface area (Å²) in [6.07, 6.45) is 8.07. The third kappa shape index (κ3) is 4.43. The molecule has 3 aromatic rings. The second kappa shape index (κ2) is 8.66. The van der Waals surface area contributed by atoms with Gasteiger partial charge in [0.25, 0.3) is 0 Å². The van der Waals surface area contributed by atoms with Crippen LogP contribution in [0.3, 0.4) is 0 Å². The number of pyridine rings is 1. The molecule has 0 spiro atoms. The molecule has 0 saturated carbocycles. The maximum atomic E-state index is 11.4. The highest BCUT2D eigenvalue weighted by atomic mass is 35.5. The van der Waals surface area contributed by atoms with Crippen molar-refractivity contribution in [3.63, 3.8) is 0 Å². The van der Waals surface area contributed by atoms with Crippen LogP contribution in [-0.4, -0.2) is 16.1 Å². The van der Waals surface area contributed by atoms with E-state index < -0.39 is 5.97 Å².